The van der Waals surface area contributed by atoms with Crippen molar-refractivity contribution in [2.75, 3.05) is 0 Å². The highest BCUT2D eigenvalue weighted by atomic mass is 16.5. The van der Waals surface area contributed by atoms with Crippen LogP contribution in [-0.2, 0) is 6.54 Å². The minimum atomic E-state index is -0.189. The Labute approximate surface area is 107 Å². The van der Waals surface area contributed by atoms with Gasteiger partial charge in [-0.25, -0.2) is 4.98 Å². The van der Waals surface area contributed by atoms with Gasteiger partial charge in [0, 0.05) is 6.20 Å². The Balaban J connectivity index is 2.06. The zero-order valence-electron chi connectivity index (χ0n) is 10.5. The summed E-state index contributed by atoms with van der Waals surface area (Å²) < 4.78 is 6.41. The summed E-state index contributed by atoms with van der Waals surface area (Å²) in [4.78, 5) is 24.7. The Morgan fingerprint density at radius 2 is 2.05 bits per heavy atom. The number of aryl methyl sites for hydroxylation is 2. The maximum absolute atomic E-state index is 12.3. The normalized spacial score (nSPS) is 11.1. The number of nitrogens with zero attached hydrogens (tertiary/aromatic N) is 5. The zero-order chi connectivity index (χ0) is 13.4. The lowest BCUT2D eigenvalue weighted by molar-refractivity contribution is 0.442. The van der Waals surface area contributed by atoms with Crippen molar-refractivity contribution in [2.45, 2.75) is 20.4 Å². The van der Waals surface area contributed by atoms with Crippen LogP contribution in [0.5, 0.6) is 0 Å². The maximum Gasteiger partial charge on any atom is 0.266 e. The van der Waals surface area contributed by atoms with E-state index < -0.39 is 0 Å². The van der Waals surface area contributed by atoms with Crippen LogP contribution in [-0.4, -0.2) is 24.7 Å². The molecule has 0 saturated heterocycles. The van der Waals surface area contributed by atoms with Gasteiger partial charge < -0.3 is 4.52 Å². The summed E-state index contributed by atoms with van der Waals surface area (Å²) in [6, 6.07) is 0. The first kappa shape index (κ1) is 11.5. The molecule has 7 heteroatoms. The van der Waals surface area contributed by atoms with Crippen LogP contribution in [0, 0.1) is 13.8 Å². The van der Waals surface area contributed by atoms with Crippen molar-refractivity contribution < 1.29 is 4.52 Å². The van der Waals surface area contributed by atoms with Crippen molar-refractivity contribution in [3.05, 3.63) is 46.2 Å². The lowest BCUT2D eigenvalue weighted by Gasteiger charge is -2.04. The summed E-state index contributed by atoms with van der Waals surface area (Å²) in [6.07, 6.45) is 4.74. The van der Waals surface area contributed by atoms with E-state index in [-0.39, 0.29) is 11.3 Å². The molecule has 19 heavy (non-hydrogen) atoms. The number of hydrogen-bond donors (Lipinski definition) is 0. The van der Waals surface area contributed by atoms with E-state index in [1.807, 2.05) is 6.92 Å². The van der Waals surface area contributed by atoms with Crippen molar-refractivity contribution >= 4 is 11.1 Å². The highest BCUT2D eigenvalue weighted by molar-refractivity contribution is 5.73. The topological polar surface area (TPSA) is 86.7 Å². The third-order valence-corrected chi connectivity index (χ3v) is 2.80. The monoisotopic (exact) mass is 257 g/mol. The smallest absolute Gasteiger partial charge is 0.266 e. The van der Waals surface area contributed by atoms with Crippen LogP contribution in [0.3, 0.4) is 0 Å². The second kappa shape index (κ2) is 4.27. The molecule has 0 N–H and O–H groups in total. The van der Waals surface area contributed by atoms with Crippen molar-refractivity contribution in [1.29, 1.82) is 0 Å². The van der Waals surface area contributed by atoms with Crippen molar-refractivity contribution in [2.24, 2.45) is 0 Å². The Morgan fingerprint density at radius 3 is 2.79 bits per heavy atom. The van der Waals surface area contributed by atoms with Gasteiger partial charge in [-0.1, -0.05) is 5.16 Å². The second-order valence-electron chi connectivity index (χ2n) is 4.27. The van der Waals surface area contributed by atoms with E-state index in [1.54, 1.807) is 19.3 Å². The average Bonchev–Trinajstić information content (AvgIpc) is 2.78. The predicted octanol–water partition coefficient (Wildman–Crippen LogP) is 0.840. The fraction of sp³-hybridized carbons (Fsp3) is 0.250. The summed E-state index contributed by atoms with van der Waals surface area (Å²) >= 11 is 0. The summed E-state index contributed by atoms with van der Waals surface area (Å²) in [7, 11) is 0. The molecule has 0 aromatic carbocycles. The molecular formula is C12H11N5O2. The van der Waals surface area contributed by atoms with Gasteiger partial charge in [0.1, 0.15) is 11.7 Å². The van der Waals surface area contributed by atoms with Crippen molar-refractivity contribution in [3.8, 4) is 0 Å². The fourth-order valence-electron chi connectivity index (χ4n) is 1.80. The molecule has 0 unspecified atom stereocenters. The molecule has 0 aliphatic rings. The maximum atomic E-state index is 12.3. The van der Waals surface area contributed by atoms with Gasteiger partial charge in [0.2, 0.25) is 0 Å². The highest BCUT2D eigenvalue weighted by Gasteiger charge is 2.12. The van der Waals surface area contributed by atoms with Crippen LogP contribution in [0.25, 0.3) is 11.1 Å². The Hall–Kier alpha value is -2.57. The third kappa shape index (κ3) is 1.99. The SMILES string of the molecule is Cc1cnc(Cn2cnc3onc(C)c3c2=O)cn1. The molecule has 0 radical (unpaired) electrons. The molecule has 0 atom stereocenters. The van der Waals surface area contributed by atoms with E-state index in [0.29, 0.717) is 23.3 Å². The number of fused-ring (bicyclic) bond motifs is 1. The number of hydrogen-bond acceptors (Lipinski definition) is 6. The predicted molar refractivity (Wildman–Crippen MR) is 66.7 cm³/mol. The number of rotatable bonds is 2. The van der Waals surface area contributed by atoms with E-state index >= 15 is 0 Å². The molecule has 0 saturated carbocycles. The van der Waals surface area contributed by atoms with Gasteiger partial charge in [-0.3, -0.25) is 19.3 Å². The molecule has 3 heterocycles. The van der Waals surface area contributed by atoms with Crippen molar-refractivity contribution in [3.63, 3.8) is 0 Å². The molecule has 0 amide bonds. The van der Waals surface area contributed by atoms with Crippen LogP contribution in [0.2, 0.25) is 0 Å². The minimum Gasteiger partial charge on any atom is -0.335 e. The van der Waals surface area contributed by atoms with Crippen LogP contribution in [0.4, 0.5) is 0 Å². The summed E-state index contributed by atoms with van der Waals surface area (Å²) in [5, 5.41) is 4.14. The first-order valence-corrected chi connectivity index (χ1v) is 5.74. The summed E-state index contributed by atoms with van der Waals surface area (Å²) in [6.45, 7) is 3.89. The second-order valence-corrected chi connectivity index (χ2v) is 4.27. The summed E-state index contributed by atoms with van der Waals surface area (Å²) in [5.41, 5.74) is 2.14. The largest absolute Gasteiger partial charge is 0.335 e. The van der Waals surface area contributed by atoms with Crippen LogP contribution >= 0.6 is 0 Å². The van der Waals surface area contributed by atoms with Gasteiger partial charge in [-0.05, 0) is 13.8 Å². The van der Waals surface area contributed by atoms with E-state index in [1.165, 1.54) is 10.9 Å². The molecule has 0 bridgehead atoms. The van der Waals surface area contributed by atoms with Gasteiger partial charge in [0.25, 0.3) is 11.3 Å². The van der Waals surface area contributed by atoms with E-state index in [9.17, 15) is 4.79 Å². The first-order valence-electron chi connectivity index (χ1n) is 5.74. The Kier molecular flexibility index (Phi) is 2.59. The van der Waals surface area contributed by atoms with Gasteiger partial charge in [0.05, 0.1) is 29.8 Å². The Bertz CT molecular complexity index is 788. The fourth-order valence-corrected chi connectivity index (χ4v) is 1.80. The zero-order valence-corrected chi connectivity index (χ0v) is 10.5. The molecular weight excluding hydrogens is 246 g/mol. The van der Waals surface area contributed by atoms with E-state index in [2.05, 4.69) is 20.1 Å². The molecule has 3 aromatic rings. The third-order valence-electron chi connectivity index (χ3n) is 2.80. The molecule has 0 fully saturated rings. The van der Waals surface area contributed by atoms with Crippen molar-refractivity contribution in [1.82, 2.24) is 24.7 Å². The quantitative estimate of drug-likeness (QED) is 0.676. The summed E-state index contributed by atoms with van der Waals surface area (Å²) in [5.74, 6) is 0. The molecule has 3 aromatic heterocycles. The number of aromatic nitrogens is 5. The standard InChI is InChI=1S/C12H11N5O2/c1-7-3-14-9(4-13-7)5-17-6-15-11-10(12(17)18)8(2)16-19-11/h3-4,6H,5H2,1-2H3. The average molecular weight is 257 g/mol. The van der Waals surface area contributed by atoms with Gasteiger partial charge in [0.15, 0.2) is 0 Å². The lowest BCUT2D eigenvalue weighted by atomic mass is 10.3. The van der Waals surface area contributed by atoms with E-state index in [0.717, 1.165) is 5.69 Å². The molecule has 7 nitrogen and oxygen atoms in total. The Morgan fingerprint density at radius 1 is 1.21 bits per heavy atom. The van der Waals surface area contributed by atoms with Gasteiger partial charge >= 0.3 is 0 Å². The molecule has 0 aliphatic carbocycles. The van der Waals surface area contributed by atoms with E-state index in [4.69, 9.17) is 4.52 Å². The molecule has 96 valence electrons. The molecule has 0 spiro atoms. The van der Waals surface area contributed by atoms with Gasteiger partial charge in [-0.15, -0.1) is 0 Å². The van der Waals surface area contributed by atoms with Gasteiger partial charge in [-0.2, -0.15) is 0 Å². The molecule has 3 rings (SSSR count). The highest BCUT2D eigenvalue weighted by Crippen LogP contribution is 2.10. The van der Waals surface area contributed by atoms with Crippen LogP contribution < -0.4 is 5.56 Å². The van der Waals surface area contributed by atoms with Crippen LogP contribution in [0.15, 0.2) is 28.0 Å². The minimum absolute atomic E-state index is 0.189. The van der Waals surface area contributed by atoms with Crippen LogP contribution in [0.1, 0.15) is 17.1 Å². The lowest BCUT2D eigenvalue weighted by Crippen LogP contribution is -2.21. The molecule has 0 aliphatic heterocycles. The first-order chi connectivity index (χ1) is 9.15.